The van der Waals surface area contributed by atoms with Crippen molar-refractivity contribution in [2.75, 3.05) is 6.61 Å². The Morgan fingerprint density at radius 1 is 1.22 bits per heavy atom. The third-order valence-electron chi connectivity index (χ3n) is 6.49. The average molecular weight is 475 g/mol. The van der Waals surface area contributed by atoms with Crippen LogP contribution in [-0.2, 0) is 19.7 Å². The number of alkyl halides is 3. The van der Waals surface area contributed by atoms with Crippen LogP contribution in [0.15, 0.2) is 28.8 Å². The molecule has 6 rings (SSSR count). The van der Waals surface area contributed by atoms with Gasteiger partial charge in [-0.15, -0.1) is 13.2 Å². The molecule has 1 aromatic heterocycles. The van der Waals surface area contributed by atoms with E-state index in [1.165, 1.54) is 12.1 Å². The van der Waals surface area contributed by atoms with Crippen LogP contribution in [0, 0.1) is 5.82 Å². The van der Waals surface area contributed by atoms with E-state index in [0.29, 0.717) is 36.3 Å². The lowest BCUT2D eigenvalue weighted by Crippen LogP contribution is -2.76. The summed E-state index contributed by atoms with van der Waals surface area (Å²) in [4.78, 5) is 12.2. The number of hydrogen-bond donors (Lipinski definition) is 1. The Balaban J connectivity index is 1.08. The van der Waals surface area contributed by atoms with Crippen molar-refractivity contribution in [1.29, 1.82) is 0 Å². The third-order valence-corrected chi connectivity index (χ3v) is 6.79. The molecule has 4 fully saturated rings. The van der Waals surface area contributed by atoms with Gasteiger partial charge < -0.3 is 14.6 Å². The minimum absolute atomic E-state index is 0.0327. The van der Waals surface area contributed by atoms with Gasteiger partial charge in [-0.2, -0.15) is 0 Å². The highest BCUT2D eigenvalue weighted by molar-refractivity contribution is 6.30. The van der Waals surface area contributed by atoms with Gasteiger partial charge in [0, 0.05) is 35.4 Å². The molecule has 4 aliphatic rings. The molecule has 1 heterocycles. The molecule has 0 unspecified atom stereocenters. The first-order chi connectivity index (χ1) is 15.0. The SMILES string of the molecule is O=C(COC1CC(OC(F)(F)F)C1)NC12CC(c3cc(-c4ccc(Cl)c(F)c4)no3)(C1)C2. The minimum Gasteiger partial charge on any atom is -0.368 e. The topological polar surface area (TPSA) is 73.6 Å². The maximum atomic E-state index is 13.7. The van der Waals surface area contributed by atoms with Crippen LogP contribution < -0.4 is 5.32 Å². The van der Waals surface area contributed by atoms with E-state index in [4.69, 9.17) is 20.9 Å². The van der Waals surface area contributed by atoms with E-state index in [1.54, 1.807) is 12.1 Å². The highest BCUT2D eigenvalue weighted by Crippen LogP contribution is 2.68. The number of amides is 1. The van der Waals surface area contributed by atoms with Gasteiger partial charge in [-0.1, -0.05) is 22.8 Å². The molecule has 0 aliphatic heterocycles. The molecule has 0 atom stereocenters. The summed E-state index contributed by atoms with van der Waals surface area (Å²) in [6.45, 7) is -0.202. The number of nitrogens with one attached hydrogen (secondary N) is 1. The Labute approximate surface area is 185 Å². The molecule has 0 spiro atoms. The van der Waals surface area contributed by atoms with Crippen molar-refractivity contribution in [2.45, 2.75) is 61.6 Å². The summed E-state index contributed by atoms with van der Waals surface area (Å²) in [5, 5.41) is 7.02. The summed E-state index contributed by atoms with van der Waals surface area (Å²) in [6, 6.07) is 6.21. The second-order valence-corrected chi connectivity index (χ2v) is 9.34. The minimum atomic E-state index is -4.65. The fourth-order valence-electron chi connectivity index (χ4n) is 4.96. The Morgan fingerprint density at radius 2 is 1.94 bits per heavy atom. The van der Waals surface area contributed by atoms with Crippen LogP contribution in [0.5, 0.6) is 0 Å². The molecule has 4 aliphatic carbocycles. The first-order valence-electron chi connectivity index (χ1n) is 10.1. The maximum absolute atomic E-state index is 13.7. The van der Waals surface area contributed by atoms with Crippen LogP contribution in [0.2, 0.25) is 5.02 Å². The number of nitrogens with zero attached hydrogens (tertiary/aromatic N) is 1. The molecular weight excluding hydrogens is 456 g/mol. The van der Waals surface area contributed by atoms with Gasteiger partial charge in [0.2, 0.25) is 5.91 Å². The average Bonchev–Trinajstić information content (AvgIpc) is 3.10. The quantitative estimate of drug-likeness (QED) is 0.598. The molecule has 0 radical (unpaired) electrons. The van der Waals surface area contributed by atoms with E-state index >= 15 is 0 Å². The van der Waals surface area contributed by atoms with Crippen LogP contribution in [0.4, 0.5) is 17.6 Å². The zero-order chi connectivity index (χ0) is 22.7. The fourth-order valence-corrected chi connectivity index (χ4v) is 5.08. The van der Waals surface area contributed by atoms with Crippen LogP contribution >= 0.6 is 11.6 Å². The number of halogens is 5. The fraction of sp³-hybridized carbons (Fsp3) is 0.524. The van der Waals surface area contributed by atoms with E-state index in [0.717, 1.165) is 0 Å². The summed E-state index contributed by atoms with van der Waals surface area (Å²) in [5.41, 5.74) is 0.564. The van der Waals surface area contributed by atoms with Gasteiger partial charge in [0.05, 0.1) is 17.2 Å². The van der Waals surface area contributed by atoms with Crippen molar-refractivity contribution in [3.05, 3.63) is 40.9 Å². The Hall–Kier alpha value is -2.17. The molecule has 11 heteroatoms. The second kappa shape index (κ2) is 7.43. The molecule has 172 valence electrons. The molecule has 32 heavy (non-hydrogen) atoms. The van der Waals surface area contributed by atoms with Crippen LogP contribution in [0.1, 0.15) is 37.9 Å². The summed E-state index contributed by atoms with van der Waals surface area (Å²) in [7, 11) is 0. The number of ether oxygens (including phenoxy) is 2. The monoisotopic (exact) mass is 474 g/mol. The standard InChI is InChI=1S/C21H19ClF4N2O4/c22-14-2-1-11(3-15(14)23)16-6-17(32-28-16)19-8-20(9-19,10-19)27-18(29)7-30-12-4-13(5-12)31-21(24,25)26/h1-3,6,12-13H,4-5,7-10H2,(H,27,29). The first kappa shape index (κ1) is 21.7. The smallest absolute Gasteiger partial charge is 0.368 e. The zero-order valence-electron chi connectivity index (χ0n) is 16.7. The van der Waals surface area contributed by atoms with E-state index in [1.807, 2.05) is 0 Å². The highest BCUT2D eigenvalue weighted by atomic mass is 35.5. The lowest BCUT2D eigenvalue weighted by Gasteiger charge is -2.69. The summed E-state index contributed by atoms with van der Waals surface area (Å²) in [5.74, 6) is -0.137. The van der Waals surface area contributed by atoms with E-state index in [-0.39, 0.29) is 41.3 Å². The van der Waals surface area contributed by atoms with Crippen molar-refractivity contribution < 1.29 is 36.4 Å². The van der Waals surface area contributed by atoms with Gasteiger partial charge in [-0.25, -0.2) is 4.39 Å². The predicted molar refractivity (Wildman–Crippen MR) is 103 cm³/mol. The summed E-state index contributed by atoms with van der Waals surface area (Å²) < 4.78 is 64.8. The number of aromatic nitrogens is 1. The van der Waals surface area contributed by atoms with Crippen molar-refractivity contribution in [3.8, 4) is 11.3 Å². The van der Waals surface area contributed by atoms with Gasteiger partial charge in [-0.3, -0.25) is 9.53 Å². The van der Waals surface area contributed by atoms with E-state index in [2.05, 4.69) is 15.2 Å². The van der Waals surface area contributed by atoms with Crippen molar-refractivity contribution >= 4 is 17.5 Å². The van der Waals surface area contributed by atoms with E-state index in [9.17, 15) is 22.4 Å². The summed E-state index contributed by atoms with van der Waals surface area (Å²) in [6.07, 6.45) is -3.64. The van der Waals surface area contributed by atoms with Crippen LogP contribution in [0.3, 0.4) is 0 Å². The van der Waals surface area contributed by atoms with Crippen LogP contribution in [-0.4, -0.2) is 41.8 Å². The number of carbonyl (C=O) groups excluding carboxylic acids is 1. The van der Waals surface area contributed by atoms with Crippen molar-refractivity contribution in [2.24, 2.45) is 0 Å². The molecule has 6 nitrogen and oxygen atoms in total. The van der Waals surface area contributed by atoms with Gasteiger partial charge in [0.15, 0.2) is 0 Å². The Bertz CT molecular complexity index is 1030. The summed E-state index contributed by atoms with van der Waals surface area (Å²) >= 11 is 5.71. The molecule has 1 aromatic carbocycles. The van der Waals surface area contributed by atoms with Crippen molar-refractivity contribution in [1.82, 2.24) is 10.5 Å². The van der Waals surface area contributed by atoms with Gasteiger partial charge in [-0.05, 0) is 31.4 Å². The number of carbonyl (C=O) groups is 1. The largest absolute Gasteiger partial charge is 0.522 e. The van der Waals surface area contributed by atoms with E-state index < -0.39 is 24.4 Å². The number of rotatable bonds is 7. The van der Waals surface area contributed by atoms with Gasteiger partial charge in [0.25, 0.3) is 0 Å². The number of hydrogen-bond acceptors (Lipinski definition) is 5. The lowest BCUT2D eigenvalue weighted by atomic mass is 9.38. The number of benzene rings is 1. The first-order valence-corrected chi connectivity index (χ1v) is 10.5. The lowest BCUT2D eigenvalue weighted by molar-refractivity contribution is -0.357. The predicted octanol–water partition coefficient (Wildman–Crippen LogP) is 4.51. The van der Waals surface area contributed by atoms with Gasteiger partial charge in [0.1, 0.15) is 23.9 Å². The normalized spacial score (nSPS) is 30.8. The molecule has 2 aromatic rings. The molecule has 1 N–H and O–H groups in total. The molecular formula is C21H19ClF4N2O4. The second-order valence-electron chi connectivity index (χ2n) is 8.93. The molecule has 4 saturated carbocycles. The van der Waals surface area contributed by atoms with Gasteiger partial charge >= 0.3 is 6.36 Å². The van der Waals surface area contributed by atoms with Crippen molar-refractivity contribution in [3.63, 3.8) is 0 Å². The Morgan fingerprint density at radius 3 is 2.59 bits per heavy atom. The third kappa shape index (κ3) is 3.99. The Kier molecular flexibility index (Phi) is 5.03. The molecule has 0 saturated heterocycles. The van der Waals surface area contributed by atoms with Crippen LogP contribution in [0.25, 0.3) is 11.3 Å². The molecule has 1 amide bonds. The highest BCUT2D eigenvalue weighted by Gasteiger charge is 2.71. The molecule has 2 bridgehead atoms. The maximum Gasteiger partial charge on any atom is 0.522 e. The zero-order valence-corrected chi connectivity index (χ0v) is 17.4.